The first-order valence-electron chi connectivity index (χ1n) is 5.84. The zero-order valence-corrected chi connectivity index (χ0v) is 11.0. The predicted octanol–water partition coefficient (Wildman–Crippen LogP) is 2.75. The van der Waals surface area contributed by atoms with Crippen LogP contribution in [-0.4, -0.2) is 16.8 Å². The number of nitrogens with zero attached hydrogens (tertiary/aromatic N) is 1. The van der Waals surface area contributed by atoms with Crippen LogP contribution in [0.5, 0.6) is 0 Å². The molecule has 1 aromatic carbocycles. The molecule has 0 aliphatic heterocycles. The minimum atomic E-state index is -0.398. The summed E-state index contributed by atoms with van der Waals surface area (Å²) in [6.07, 6.45) is 0. The fourth-order valence-corrected chi connectivity index (χ4v) is 1.90. The quantitative estimate of drug-likeness (QED) is 0.859. The zero-order valence-electron chi connectivity index (χ0n) is 11.0. The Bertz CT molecular complexity index is 644. The molecule has 0 aliphatic carbocycles. The van der Waals surface area contributed by atoms with E-state index in [1.54, 1.807) is 25.1 Å². The van der Waals surface area contributed by atoms with Gasteiger partial charge in [0.2, 0.25) is 0 Å². The van der Waals surface area contributed by atoms with E-state index in [2.05, 4.69) is 10.5 Å². The Morgan fingerprint density at radius 2 is 2.00 bits per heavy atom. The molecule has 0 fully saturated rings. The summed E-state index contributed by atoms with van der Waals surface area (Å²) in [5.41, 5.74) is 2.00. The third-order valence-corrected chi connectivity index (χ3v) is 2.73. The summed E-state index contributed by atoms with van der Waals surface area (Å²) in [5, 5.41) is 6.32. The molecule has 0 atom stereocenters. The zero-order chi connectivity index (χ0) is 14.0. The van der Waals surface area contributed by atoms with Gasteiger partial charge in [0.05, 0.1) is 5.69 Å². The highest BCUT2D eigenvalue weighted by Crippen LogP contribution is 2.20. The van der Waals surface area contributed by atoms with Crippen molar-refractivity contribution in [2.24, 2.45) is 0 Å². The minimum Gasteiger partial charge on any atom is -0.361 e. The summed E-state index contributed by atoms with van der Waals surface area (Å²) in [7, 11) is 0. The van der Waals surface area contributed by atoms with Crippen molar-refractivity contribution in [2.45, 2.75) is 20.8 Å². The number of amides is 1. The Kier molecular flexibility index (Phi) is 3.46. The molecule has 5 nitrogen and oxygen atoms in total. The average Bonchev–Trinajstić information content (AvgIpc) is 2.75. The maximum Gasteiger partial charge on any atom is 0.277 e. The molecule has 1 aromatic heterocycles. The molecule has 1 amide bonds. The largest absolute Gasteiger partial charge is 0.361 e. The molecular weight excluding hydrogens is 244 g/mol. The van der Waals surface area contributed by atoms with Crippen molar-refractivity contribution < 1.29 is 14.1 Å². The Balaban J connectivity index is 2.31. The van der Waals surface area contributed by atoms with Crippen molar-refractivity contribution in [1.29, 1.82) is 0 Å². The number of ketones is 1. The van der Waals surface area contributed by atoms with Gasteiger partial charge in [-0.3, -0.25) is 9.59 Å². The number of hydrogen-bond acceptors (Lipinski definition) is 4. The van der Waals surface area contributed by atoms with Crippen molar-refractivity contribution >= 4 is 17.4 Å². The van der Waals surface area contributed by atoms with E-state index in [4.69, 9.17) is 4.52 Å². The summed E-state index contributed by atoms with van der Waals surface area (Å²) in [5.74, 6) is 0.0656. The van der Waals surface area contributed by atoms with Gasteiger partial charge in [-0.15, -0.1) is 0 Å². The van der Waals surface area contributed by atoms with Crippen molar-refractivity contribution in [3.05, 3.63) is 46.8 Å². The summed E-state index contributed by atoms with van der Waals surface area (Å²) in [6.45, 7) is 5.00. The molecule has 0 spiro atoms. The van der Waals surface area contributed by atoms with E-state index in [0.29, 0.717) is 17.0 Å². The summed E-state index contributed by atoms with van der Waals surface area (Å²) in [6, 6.07) is 6.84. The third-order valence-electron chi connectivity index (χ3n) is 2.73. The third kappa shape index (κ3) is 2.70. The van der Waals surface area contributed by atoms with Gasteiger partial charge in [-0.25, -0.2) is 0 Å². The van der Waals surface area contributed by atoms with Crippen LogP contribution in [0.3, 0.4) is 0 Å². The molecule has 0 bridgehead atoms. The van der Waals surface area contributed by atoms with Crippen molar-refractivity contribution in [1.82, 2.24) is 5.16 Å². The Labute approximate surface area is 110 Å². The molecule has 1 N–H and O–H groups in total. The van der Waals surface area contributed by atoms with Gasteiger partial charge in [0, 0.05) is 11.6 Å². The van der Waals surface area contributed by atoms with E-state index in [9.17, 15) is 9.59 Å². The van der Waals surface area contributed by atoms with Crippen LogP contribution in [0.25, 0.3) is 0 Å². The molecule has 2 rings (SSSR count). The molecule has 5 heteroatoms. The normalized spacial score (nSPS) is 10.3. The van der Waals surface area contributed by atoms with Crippen molar-refractivity contribution in [3.8, 4) is 0 Å². The molecule has 98 valence electrons. The fraction of sp³-hybridized carbons (Fsp3) is 0.214. The van der Waals surface area contributed by atoms with Crippen LogP contribution in [0.4, 0.5) is 5.69 Å². The van der Waals surface area contributed by atoms with Gasteiger partial charge >= 0.3 is 0 Å². The number of aryl methyl sites for hydroxylation is 2. The minimum absolute atomic E-state index is 0.0928. The van der Waals surface area contributed by atoms with Crippen LogP contribution in [-0.2, 0) is 0 Å². The topological polar surface area (TPSA) is 72.2 Å². The smallest absolute Gasteiger partial charge is 0.277 e. The summed E-state index contributed by atoms with van der Waals surface area (Å²) < 4.78 is 4.85. The van der Waals surface area contributed by atoms with E-state index in [-0.39, 0.29) is 11.5 Å². The maximum atomic E-state index is 12.0. The number of carbonyl (C=O) groups excluding carboxylic acids is 2. The highest BCUT2D eigenvalue weighted by atomic mass is 16.5. The van der Waals surface area contributed by atoms with E-state index in [1.807, 2.05) is 13.0 Å². The highest BCUT2D eigenvalue weighted by molar-refractivity contribution is 6.08. The van der Waals surface area contributed by atoms with Crippen LogP contribution >= 0.6 is 0 Å². The number of benzene rings is 1. The lowest BCUT2D eigenvalue weighted by Gasteiger charge is -2.10. The average molecular weight is 258 g/mol. The van der Waals surface area contributed by atoms with Crippen molar-refractivity contribution in [2.75, 3.05) is 5.32 Å². The summed E-state index contributed by atoms with van der Waals surface area (Å²) >= 11 is 0. The first kappa shape index (κ1) is 13.0. The molecule has 0 aliphatic rings. The molecule has 0 saturated carbocycles. The second kappa shape index (κ2) is 5.06. The van der Waals surface area contributed by atoms with E-state index in [0.717, 1.165) is 5.56 Å². The Morgan fingerprint density at radius 3 is 2.58 bits per heavy atom. The second-order valence-corrected chi connectivity index (χ2v) is 4.33. The van der Waals surface area contributed by atoms with Gasteiger partial charge in [0.1, 0.15) is 5.76 Å². The van der Waals surface area contributed by atoms with Gasteiger partial charge in [0.15, 0.2) is 11.5 Å². The number of anilines is 1. The standard InChI is InChI=1S/C14H14N2O3/c1-8-5-4-6-11(13(8)10(3)17)15-14(18)12-7-9(2)19-16-12/h4-7H,1-3H3,(H,15,18). The van der Waals surface area contributed by atoms with Crippen LogP contribution in [0, 0.1) is 13.8 Å². The molecule has 2 aromatic rings. The van der Waals surface area contributed by atoms with Gasteiger partial charge < -0.3 is 9.84 Å². The van der Waals surface area contributed by atoms with Crippen LogP contribution < -0.4 is 5.32 Å². The van der Waals surface area contributed by atoms with Crippen molar-refractivity contribution in [3.63, 3.8) is 0 Å². The van der Waals surface area contributed by atoms with Crippen LogP contribution in [0.2, 0.25) is 0 Å². The van der Waals surface area contributed by atoms with Crippen LogP contribution in [0.15, 0.2) is 28.8 Å². The number of Topliss-reactive ketones (excluding diaryl/α,β-unsaturated/α-hetero) is 1. The SMILES string of the molecule is CC(=O)c1c(C)cccc1NC(=O)c1cc(C)on1. The van der Waals surface area contributed by atoms with Gasteiger partial charge in [-0.1, -0.05) is 17.3 Å². The van der Waals surface area contributed by atoms with Gasteiger partial charge in [-0.2, -0.15) is 0 Å². The number of aromatic nitrogens is 1. The predicted molar refractivity (Wildman–Crippen MR) is 70.4 cm³/mol. The first-order chi connectivity index (χ1) is 8.99. The Morgan fingerprint density at radius 1 is 1.26 bits per heavy atom. The highest BCUT2D eigenvalue weighted by Gasteiger charge is 2.15. The Hall–Kier alpha value is -2.43. The first-order valence-corrected chi connectivity index (χ1v) is 5.84. The van der Waals surface area contributed by atoms with E-state index >= 15 is 0 Å². The summed E-state index contributed by atoms with van der Waals surface area (Å²) in [4.78, 5) is 23.6. The molecule has 1 heterocycles. The second-order valence-electron chi connectivity index (χ2n) is 4.33. The number of rotatable bonds is 3. The molecule has 0 unspecified atom stereocenters. The maximum absolute atomic E-state index is 12.0. The monoisotopic (exact) mass is 258 g/mol. The lowest BCUT2D eigenvalue weighted by Crippen LogP contribution is -2.15. The molecule has 0 radical (unpaired) electrons. The number of carbonyl (C=O) groups is 2. The lowest BCUT2D eigenvalue weighted by molar-refractivity contribution is 0.101. The lowest BCUT2D eigenvalue weighted by atomic mass is 10.0. The van der Waals surface area contributed by atoms with Gasteiger partial charge in [0.25, 0.3) is 5.91 Å². The van der Waals surface area contributed by atoms with Gasteiger partial charge in [-0.05, 0) is 32.4 Å². The van der Waals surface area contributed by atoms with E-state index < -0.39 is 5.91 Å². The van der Waals surface area contributed by atoms with E-state index in [1.165, 1.54) is 6.92 Å². The number of hydrogen-bond donors (Lipinski definition) is 1. The van der Waals surface area contributed by atoms with Crippen LogP contribution in [0.1, 0.15) is 39.1 Å². The molecular formula is C14H14N2O3. The molecule has 19 heavy (non-hydrogen) atoms. The number of nitrogens with one attached hydrogen (secondary N) is 1. The fourth-order valence-electron chi connectivity index (χ4n) is 1.90. The molecule has 0 saturated heterocycles.